The number of carbonyl (C=O) groups excluding carboxylic acids is 1. The van der Waals surface area contributed by atoms with Gasteiger partial charge < -0.3 is 10.7 Å². The Morgan fingerprint density at radius 2 is 2.14 bits per heavy atom. The number of nitrogens with zero attached hydrogens (tertiary/aromatic N) is 4. The van der Waals surface area contributed by atoms with E-state index >= 15 is 0 Å². The van der Waals surface area contributed by atoms with E-state index in [1.165, 1.54) is 4.68 Å². The van der Waals surface area contributed by atoms with Crippen LogP contribution in [0.25, 0.3) is 0 Å². The number of nitrogens with two attached hydrogens (primary N) is 1. The molecule has 10 heteroatoms. The van der Waals surface area contributed by atoms with Gasteiger partial charge >= 0.3 is 6.18 Å². The normalized spacial score (nSPS) is 19.2. The Morgan fingerprint density at radius 3 is 2.77 bits per heavy atom. The number of thioether (sulfide) groups is 1. The molecule has 2 heterocycles. The smallest absolute Gasteiger partial charge is 0.336 e. The fourth-order valence-electron chi connectivity index (χ4n) is 2.21. The predicted molar refractivity (Wildman–Crippen MR) is 75.7 cm³/mol. The molecule has 1 aromatic rings. The number of carbonyl (C=O) groups is 1. The van der Waals surface area contributed by atoms with Gasteiger partial charge in [-0.1, -0.05) is 25.1 Å². The molecule has 1 aliphatic rings. The molecule has 0 radical (unpaired) electrons. The number of likely N-dealkylation sites (tertiary alicyclic amines) is 1. The fraction of sp³-hybridized carbons (Fsp3) is 0.750. The van der Waals surface area contributed by atoms with E-state index in [1.54, 1.807) is 0 Å². The van der Waals surface area contributed by atoms with E-state index in [0.29, 0.717) is 23.8 Å². The maximum absolute atomic E-state index is 12.4. The van der Waals surface area contributed by atoms with Gasteiger partial charge in [-0.15, -0.1) is 10.2 Å². The van der Waals surface area contributed by atoms with Crippen molar-refractivity contribution in [3.63, 3.8) is 0 Å². The van der Waals surface area contributed by atoms with Gasteiger partial charge in [-0.2, -0.15) is 13.2 Å². The van der Waals surface area contributed by atoms with Gasteiger partial charge in [0.25, 0.3) is 0 Å². The number of alkyl halides is 3. The van der Waals surface area contributed by atoms with E-state index in [0.717, 1.165) is 29.5 Å². The number of aromatic nitrogens is 3. The summed E-state index contributed by atoms with van der Waals surface area (Å²) in [6.45, 7) is 0.927. The van der Waals surface area contributed by atoms with Gasteiger partial charge in [0.2, 0.25) is 11.1 Å². The van der Waals surface area contributed by atoms with Crippen LogP contribution < -0.4 is 5.84 Å². The number of rotatable bonds is 6. The predicted octanol–water partition coefficient (Wildman–Crippen LogP) is 1.59. The second-order valence-electron chi connectivity index (χ2n) is 5.14. The van der Waals surface area contributed by atoms with Gasteiger partial charge in [0.15, 0.2) is 5.82 Å². The third kappa shape index (κ3) is 4.05. The summed E-state index contributed by atoms with van der Waals surface area (Å²) in [5.74, 6) is 5.96. The molecule has 0 spiro atoms. The lowest BCUT2D eigenvalue weighted by molar-refractivity contribution is -0.157. The van der Waals surface area contributed by atoms with Gasteiger partial charge in [-0.25, -0.2) is 4.68 Å². The maximum atomic E-state index is 12.4. The monoisotopic (exact) mass is 337 g/mol. The van der Waals surface area contributed by atoms with Gasteiger partial charge in [-0.05, 0) is 12.8 Å². The van der Waals surface area contributed by atoms with E-state index in [4.69, 9.17) is 5.84 Å². The fourth-order valence-corrected chi connectivity index (χ4v) is 3.25. The summed E-state index contributed by atoms with van der Waals surface area (Å²) in [5.41, 5.74) is 0. The minimum Gasteiger partial charge on any atom is -0.336 e. The highest BCUT2D eigenvalue weighted by molar-refractivity contribution is 8.00. The molecular formula is C12H18F3N5OS. The number of unbranched alkanes of at least 4 members (excludes halogenated alkanes) is 1. The second kappa shape index (κ2) is 6.76. The van der Waals surface area contributed by atoms with Crippen molar-refractivity contribution in [1.29, 1.82) is 0 Å². The first kappa shape index (κ1) is 16.9. The molecule has 0 aromatic carbocycles. The molecule has 0 bridgehead atoms. The topological polar surface area (TPSA) is 77.0 Å². The molecule has 1 atom stereocenters. The van der Waals surface area contributed by atoms with Crippen LogP contribution in [0.2, 0.25) is 0 Å². The van der Waals surface area contributed by atoms with Crippen molar-refractivity contribution in [1.82, 2.24) is 19.8 Å². The van der Waals surface area contributed by atoms with Gasteiger partial charge in [0.05, 0.1) is 5.25 Å². The number of amides is 1. The van der Waals surface area contributed by atoms with Crippen molar-refractivity contribution in [3.05, 3.63) is 5.82 Å². The molecule has 1 fully saturated rings. The molecule has 0 unspecified atom stereocenters. The number of nitrogen functional groups attached to an aromatic ring is 1. The minimum atomic E-state index is -4.38. The average Bonchev–Trinajstić information content (AvgIpc) is 2.94. The molecule has 1 amide bonds. The zero-order chi connectivity index (χ0) is 16.3. The standard InChI is InChI=1S/C12H18F3N5OS/c1-2-3-4-9-17-18-11(20(9)16)22-8-5-6-19(10(8)21)7-12(13,14)15/h8H,2-7,16H2,1H3/t8-/m0/s1. The van der Waals surface area contributed by atoms with E-state index < -0.39 is 23.9 Å². The molecule has 22 heavy (non-hydrogen) atoms. The Bertz CT molecular complexity index is 533. The first-order valence-electron chi connectivity index (χ1n) is 7.03. The molecule has 1 aliphatic heterocycles. The van der Waals surface area contributed by atoms with Gasteiger partial charge in [-0.3, -0.25) is 4.79 Å². The van der Waals surface area contributed by atoms with Crippen molar-refractivity contribution < 1.29 is 18.0 Å². The molecular weight excluding hydrogens is 319 g/mol. The van der Waals surface area contributed by atoms with Gasteiger partial charge in [0, 0.05) is 13.0 Å². The van der Waals surface area contributed by atoms with Crippen molar-refractivity contribution in [2.75, 3.05) is 18.9 Å². The summed E-state index contributed by atoms with van der Waals surface area (Å²) < 4.78 is 38.4. The van der Waals surface area contributed by atoms with E-state index in [2.05, 4.69) is 10.2 Å². The van der Waals surface area contributed by atoms with Crippen molar-refractivity contribution in [2.24, 2.45) is 0 Å². The summed E-state index contributed by atoms with van der Waals surface area (Å²) in [5, 5.41) is 7.65. The highest BCUT2D eigenvalue weighted by Gasteiger charge is 2.40. The molecule has 0 saturated carbocycles. The minimum absolute atomic E-state index is 0.0947. The summed E-state index contributed by atoms with van der Waals surface area (Å²) in [6, 6.07) is 0. The molecule has 1 saturated heterocycles. The maximum Gasteiger partial charge on any atom is 0.406 e. The molecule has 1 aromatic heterocycles. The Hall–Kier alpha value is -1.45. The molecule has 2 rings (SSSR count). The third-order valence-corrected chi connectivity index (χ3v) is 4.57. The van der Waals surface area contributed by atoms with Crippen LogP contribution in [-0.4, -0.2) is 50.2 Å². The van der Waals surface area contributed by atoms with Crippen LogP contribution in [0.1, 0.15) is 32.0 Å². The van der Waals surface area contributed by atoms with Crippen LogP contribution in [0, 0.1) is 0 Å². The van der Waals surface area contributed by atoms with Crippen LogP contribution in [0.4, 0.5) is 13.2 Å². The van der Waals surface area contributed by atoms with E-state index in [-0.39, 0.29) is 6.54 Å². The Balaban J connectivity index is 1.97. The molecule has 124 valence electrons. The second-order valence-corrected chi connectivity index (χ2v) is 6.31. The zero-order valence-corrected chi connectivity index (χ0v) is 13.0. The summed E-state index contributed by atoms with van der Waals surface area (Å²) >= 11 is 1.08. The van der Waals surface area contributed by atoms with E-state index in [1.807, 2.05) is 6.92 Å². The summed E-state index contributed by atoms with van der Waals surface area (Å²) in [4.78, 5) is 12.8. The molecule has 0 aliphatic carbocycles. The lowest BCUT2D eigenvalue weighted by Crippen LogP contribution is -2.36. The first-order valence-corrected chi connectivity index (χ1v) is 7.91. The largest absolute Gasteiger partial charge is 0.406 e. The van der Waals surface area contributed by atoms with Crippen LogP contribution in [0.3, 0.4) is 0 Å². The Morgan fingerprint density at radius 1 is 1.41 bits per heavy atom. The Labute approximate surface area is 130 Å². The van der Waals surface area contributed by atoms with Gasteiger partial charge in [0.1, 0.15) is 6.54 Å². The number of aryl methyl sites for hydroxylation is 1. The lowest BCUT2D eigenvalue weighted by atomic mass is 10.2. The SMILES string of the molecule is CCCCc1nnc(S[C@H]2CCN(CC(F)(F)F)C2=O)n1N. The highest BCUT2D eigenvalue weighted by Crippen LogP contribution is 2.31. The van der Waals surface area contributed by atoms with Crippen LogP contribution >= 0.6 is 11.8 Å². The summed E-state index contributed by atoms with van der Waals surface area (Å²) in [6.07, 6.45) is -1.45. The number of hydrogen-bond acceptors (Lipinski definition) is 5. The summed E-state index contributed by atoms with van der Waals surface area (Å²) in [7, 11) is 0. The van der Waals surface area contributed by atoms with Crippen LogP contribution in [0.5, 0.6) is 0 Å². The van der Waals surface area contributed by atoms with Crippen molar-refractivity contribution in [3.8, 4) is 0 Å². The zero-order valence-electron chi connectivity index (χ0n) is 12.1. The van der Waals surface area contributed by atoms with Crippen molar-refractivity contribution >= 4 is 17.7 Å². The third-order valence-electron chi connectivity index (χ3n) is 3.36. The highest BCUT2D eigenvalue weighted by atomic mass is 32.2. The molecule has 2 N–H and O–H groups in total. The number of hydrogen-bond donors (Lipinski definition) is 1. The average molecular weight is 337 g/mol. The van der Waals surface area contributed by atoms with E-state index in [9.17, 15) is 18.0 Å². The lowest BCUT2D eigenvalue weighted by Gasteiger charge is -2.18. The first-order chi connectivity index (χ1) is 10.3. The quantitative estimate of drug-likeness (QED) is 0.798. The number of halogens is 3. The van der Waals surface area contributed by atoms with Crippen molar-refractivity contribution in [2.45, 2.75) is 49.2 Å². The molecule has 6 nitrogen and oxygen atoms in total. The Kier molecular flexibility index (Phi) is 5.20. The van der Waals surface area contributed by atoms with Crippen LogP contribution in [-0.2, 0) is 11.2 Å². The van der Waals surface area contributed by atoms with Crippen LogP contribution in [0.15, 0.2) is 5.16 Å².